The quantitative estimate of drug-likeness (QED) is 0.137. The summed E-state index contributed by atoms with van der Waals surface area (Å²) in [7, 11) is -1.50. The third kappa shape index (κ3) is 9.50. The van der Waals surface area contributed by atoms with Crippen LogP contribution in [-0.4, -0.2) is 58.0 Å². The van der Waals surface area contributed by atoms with Gasteiger partial charge in [0.25, 0.3) is 10.0 Å². The van der Waals surface area contributed by atoms with Crippen molar-refractivity contribution in [3.05, 3.63) is 117 Å². The molecule has 0 saturated heterocycles. The number of nitrogens with zero attached hydrogens (tertiary/aromatic N) is 2. The number of amides is 2. The van der Waals surface area contributed by atoms with Gasteiger partial charge < -0.3 is 19.7 Å². The summed E-state index contributed by atoms with van der Waals surface area (Å²) in [5.41, 5.74) is 3.35. The maximum absolute atomic E-state index is 14.8. The molecule has 4 rings (SSSR count). The summed E-state index contributed by atoms with van der Waals surface area (Å²) in [5.74, 6) is -0.396. The van der Waals surface area contributed by atoms with Crippen LogP contribution in [-0.2, 0) is 32.6 Å². The highest BCUT2D eigenvalue weighted by atomic mass is 35.5. The Balaban J connectivity index is 1.87. The van der Waals surface area contributed by atoms with Gasteiger partial charge in [0.15, 0.2) is 11.5 Å². The van der Waals surface area contributed by atoms with Gasteiger partial charge in [0.2, 0.25) is 11.8 Å². The summed E-state index contributed by atoms with van der Waals surface area (Å²) in [6.45, 7) is 6.90. The number of hydrogen-bond acceptors (Lipinski definition) is 6. The first-order chi connectivity index (χ1) is 23.8. The summed E-state index contributed by atoms with van der Waals surface area (Å²) in [6.07, 6.45) is 0.858. The molecule has 50 heavy (non-hydrogen) atoms. The van der Waals surface area contributed by atoms with E-state index >= 15 is 0 Å². The molecular formula is C38H43Cl2N3O6S. The Bertz CT molecular complexity index is 1900. The number of sulfonamides is 1. The lowest BCUT2D eigenvalue weighted by Gasteiger charge is -2.34. The second kappa shape index (κ2) is 17.1. The van der Waals surface area contributed by atoms with E-state index in [0.717, 1.165) is 21.0 Å². The van der Waals surface area contributed by atoms with Crippen molar-refractivity contribution in [1.82, 2.24) is 10.2 Å². The SMILES string of the molecule is CC[C@H](C)NC(=O)[C@@H](Cc1ccccc1)N(Cc1ccc(Cl)c(Cl)c1)C(=O)CN(c1cc(C)cc(C)c1)S(=O)(=O)c1ccc(OC)c(OC)c1. The van der Waals surface area contributed by atoms with E-state index in [0.29, 0.717) is 28.4 Å². The van der Waals surface area contributed by atoms with E-state index in [9.17, 15) is 18.0 Å². The molecule has 4 aromatic rings. The lowest BCUT2D eigenvalue weighted by molar-refractivity contribution is -0.140. The molecule has 266 valence electrons. The topological polar surface area (TPSA) is 105 Å². The second-order valence-electron chi connectivity index (χ2n) is 12.2. The van der Waals surface area contributed by atoms with Gasteiger partial charge in [-0.3, -0.25) is 13.9 Å². The van der Waals surface area contributed by atoms with E-state index in [4.69, 9.17) is 32.7 Å². The minimum absolute atomic E-state index is 0.0434. The summed E-state index contributed by atoms with van der Waals surface area (Å²) < 4.78 is 40.9. The molecule has 0 saturated carbocycles. The van der Waals surface area contributed by atoms with E-state index in [-0.39, 0.29) is 40.6 Å². The van der Waals surface area contributed by atoms with Gasteiger partial charge in [-0.1, -0.05) is 72.6 Å². The lowest BCUT2D eigenvalue weighted by Crippen LogP contribution is -2.54. The van der Waals surface area contributed by atoms with Crippen LogP contribution < -0.4 is 19.1 Å². The Hall–Kier alpha value is -4.25. The second-order valence-corrected chi connectivity index (χ2v) is 14.8. The zero-order chi connectivity index (χ0) is 36.6. The molecule has 0 fully saturated rings. The minimum atomic E-state index is -4.38. The summed E-state index contributed by atoms with van der Waals surface area (Å²) in [6, 6.07) is 22.8. The Labute approximate surface area is 305 Å². The standard InChI is InChI=1S/C38H43Cl2N3O6S/c1-7-27(4)41-38(45)34(21-28-11-9-8-10-12-28)42(23-29-13-15-32(39)33(40)20-29)37(44)24-43(30-18-25(2)17-26(3)19-30)50(46,47)31-14-16-35(48-5)36(22-31)49-6/h8-20,22,27,34H,7,21,23-24H2,1-6H3,(H,41,45)/t27-,34+/m0/s1. The Morgan fingerprint density at radius 2 is 1.48 bits per heavy atom. The van der Waals surface area contributed by atoms with Crippen LogP contribution in [0.1, 0.15) is 42.5 Å². The third-order valence-electron chi connectivity index (χ3n) is 8.33. The van der Waals surface area contributed by atoms with E-state index in [1.165, 1.54) is 37.3 Å². The van der Waals surface area contributed by atoms with Crippen LogP contribution in [0.3, 0.4) is 0 Å². The zero-order valence-corrected chi connectivity index (χ0v) is 31.4. The monoisotopic (exact) mass is 739 g/mol. The molecule has 4 aromatic carbocycles. The lowest BCUT2D eigenvalue weighted by atomic mass is 10.0. The molecule has 2 atom stereocenters. The highest BCUT2D eigenvalue weighted by Gasteiger charge is 2.35. The van der Waals surface area contributed by atoms with Crippen molar-refractivity contribution in [3.63, 3.8) is 0 Å². The fourth-order valence-corrected chi connectivity index (χ4v) is 7.29. The number of ether oxygens (including phenoxy) is 2. The molecule has 0 aliphatic carbocycles. The van der Waals surface area contributed by atoms with Gasteiger partial charge >= 0.3 is 0 Å². The van der Waals surface area contributed by atoms with Crippen LogP contribution in [0.25, 0.3) is 0 Å². The van der Waals surface area contributed by atoms with Crippen LogP contribution >= 0.6 is 23.2 Å². The predicted octanol–water partition coefficient (Wildman–Crippen LogP) is 7.38. The van der Waals surface area contributed by atoms with Crippen molar-refractivity contribution in [2.75, 3.05) is 25.1 Å². The number of halogens is 2. The number of hydrogen-bond donors (Lipinski definition) is 1. The van der Waals surface area contributed by atoms with Gasteiger partial charge in [-0.15, -0.1) is 0 Å². The van der Waals surface area contributed by atoms with E-state index in [1.54, 1.807) is 30.3 Å². The molecule has 2 amide bonds. The molecule has 0 aliphatic heterocycles. The summed E-state index contributed by atoms with van der Waals surface area (Å²) >= 11 is 12.6. The van der Waals surface area contributed by atoms with Gasteiger partial charge in [0.05, 0.1) is 34.8 Å². The van der Waals surface area contributed by atoms with E-state index in [2.05, 4.69) is 5.32 Å². The van der Waals surface area contributed by atoms with Crippen molar-refractivity contribution in [2.24, 2.45) is 0 Å². The Morgan fingerprint density at radius 1 is 0.820 bits per heavy atom. The van der Waals surface area contributed by atoms with Crippen molar-refractivity contribution < 1.29 is 27.5 Å². The number of nitrogens with one attached hydrogen (secondary N) is 1. The molecule has 0 heterocycles. The molecular weight excluding hydrogens is 697 g/mol. The van der Waals surface area contributed by atoms with E-state index < -0.39 is 28.5 Å². The molecule has 9 nitrogen and oxygen atoms in total. The number of anilines is 1. The zero-order valence-electron chi connectivity index (χ0n) is 29.1. The Morgan fingerprint density at radius 3 is 2.08 bits per heavy atom. The molecule has 0 bridgehead atoms. The van der Waals surface area contributed by atoms with Crippen LogP contribution in [0.4, 0.5) is 5.69 Å². The number of carbonyl (C=O) groups is 2. The largest absolute Gasteiger partial charge is 0.493 e. The van der Waals surface area contributed by atoms with Crippen molar-refractivity contribution in [1.29, 1.82) is 0 Å². The van der Waals surface area contributed by atoms with Crippen LogP contribution in [0.15, 0.2) is 89.8 Å². The minimum Gasteiger partial charge on any atom is -0.493 e. The van der Waals surface area contributed by atoms with Gasteiger partial charge in [-0.2, -0.15) is 0 Å². The van der Waals surface area contributed by atoms with E-state index in [1.807, 2.05) is 64.1 Å². The summed E-state index contributed by atoms with van der Waals surface area (Å²) in [4.78, 5) is 30.2. The molecule has 0 aliphatic rings. The third-order valence-corrected chi connectivity index (χ3v) is 10.8. The highest BCUT2D eigenvalue weighted by molar-refractivity contribution is 7.92. The van der Waals surface area contributed by atoms with Gasteiger partial charge in [0.1, 0.15) is 12.6 Å². The first-order valence-electron chi connectivity index (χ1n) is 16.2. The fourth-order valence-electron chi connectivity index (χ4n) is 5.56. The molecule has 12 heteroatoms. The molecule has 0 spiro atoms. The van der Waals surface area contributed by atoms with Crippen molar-refractivity contribution in [2.45, 2.75) is 64.1 Å². The fraction of sp³-hybridized carbons (Fsp3) is 0.316. The van der Waals surface area contributed by atoms with Crippen molar-refractivity contribution in [3.8, 4) is 11.5 Å². The average Bonchev–Trinajstić information content (AvgIpc) is 3.09. The normalized spacial score (nSPS) is 12.5. The first kappa shape index (κ1) is 38.6. The number of aryl methyl sites for hydroxylation is 2. The average molecular weight is 741 g/mol. The molecule has 0 unspecified atom stereocenters. The smallest absolute Gasteiger partial charge is 0.264 e. The maximum Gasteiger partial charge on any atom is 0.264 e. The van der Waals surface area contributed by atoms with Crippen LogP contribution in [0.5, 0.6) is 11.5 Å². The van der Waals surface area contributed by atoms with Gasteiger partial charge in [0, 0.05) is 25.1 Å². The molecule has 1 N–H and O–H groups in total. The van der Waals surface area contributed by atoms with Crippen LogP contribution in [0, 0.1) is 13.8 Å². The predicted molar refractivity (Wildman–Crippen MR) is 199 cm³/mol. The number of rotatable bonds is 15. The summed E-state index contributed by atoms with van der Waals surface area (Å²) in [5, 5.41) is 3.66. The number of carbonyl (C=O) groups excluding carboxylic acids is 2. The van der Waals surface area contributed by atoms with Crippen molar-refractivity contribution >= 4 is 50.7 Å². The van der Waals surface area contributed by atoms with Gasteiger partial charge in [-0.25, -0.2) is 8.42 Å². The number of methoxy groups -OCH3 is 2. The first-order valence-corrected chi connectivity index (χ1v) is 18.4. The molecule has 0 aromatic heterocycles. The highest BCUT2D eigenvalue weighted by Crippen LogP contribution is 2.33. The maximum atomic E-state index is 14.8. The van der Waals surface area contributed by atoms with Gasteiger partial charge in [-0.05, 0) is 85.8 Å². The molecule has 0 radical (unpaired) electrons. The Kier molecular flexibility index (Phi) is 13.2. The van der Waals surface area contributed by atoms with Crippen LogP contribution in [0.2, 0.25) is 10.0 Å². The number of benzene rings is 4.